The van der Waals surface area contributed by atoms with Crippen molar-refractivity contribution in [1.82, 2.24) is 19.4 Å². The lowest BCUT2D eigenvalue weighted by Gasteiger charge is -2.41. The molecule has 5 rings (SSSR count). The van der Waals surface area contributed by atoms with Crippen molar-refractivity contribution in [2.24, 2.45) is 0 Å². The Labute approximate surface area is 227 Å². The molecule has 0 amide bonds. The summed E-state index contributed by atoms with van der Waals surface area (Å²) in [5.41, 5.74) is 0.996. The maximum Gasteiger partial charge on any atom is 0.364 e. The number of hydrogen-bond acceptors (Lipinski definition) is 9. The van der Waals surface area contributed by atoms with Crippen molar-refractivity contribution in [2.75, 3.05) is 32.1 Å². The van der Waals surface area contributed by atoms with Gasteiger partial charge in [-0.05, 0) is 53.8 Å². The van der Waals surface area contributed by atoms with Gasteiger partial charge in [-0.3, -0.25) is 10.4 Å². The highest BCUT2D eigenvalue weighted by Crippen LogP contribution is 2.40. The molecule has 0 radical (unpaired) electrons. The Kier molecular flexibility index (Phi) is 8.78. The van der Waals surface area contributed by atoms with Gasteiger partial charge in [0.05, 0.1) is 34.7 Å². The summed E-state index contributed by atoms with van der Waals surface area (Å²) in [6, 6.07) is 1.73. The van der Waals surface area contributed by atoms with Gasteiger partial charge < -0.3 is 15.0 Å². The van der Waals surface area contributed by atoms with Crippen LogP contribution in [0.5, 0.6) is 0 Å². The third-order valence-electron chi connectivity index (χ3n) is 6.01. The van der Waals surface area contributed by atoms with Crippen molar-refractivity contribution < 1.29 is 18.9 Å². The number of thiol groups is 2. The number of nitrogens with one attached hydrogen (secondary N) is 2. The Morgan fingerprint density at radius 1 is 1.40 bits per heavy atom. The molecule has 3 fully saturated rings. The van der Waals surface area contributed by atoms with Gasteiger partial charge in [-0.1, -0.05) is 0 Å². The third kappa shape index (κ3) is 6.38. The van der Waals surface area contributed by atoms with Gasteiger partial charge in [-0.25, -0.2) is 13.7 Å². The molecule has 2 aliphatic carbocycles. The molecule has 35 heavy (non-hydrogen) atoms. The molecule has 190 valence electrons. The van der Waals surface area contributed by atoms with Crippen molar-refractivity contribution in [3.8, 4) is 11.4 Å². The second-order valence-corrected chi connectivity index (χ2v) is 10.7. The number of anilines is 1. The fraction of sp³-hybridized carbons (Fsp3) is 0.550. The molecule has 3 heterocycles. The molecular weight excluding hydrogens is 627 g/mol. The van der Waals surface area contributed by atoms with E-state index in [1.54, 1.807) is 22.9 Å². The summed E-state index contributed by atoms with van der Waals surface area (Å²) in [5, 5.41) is 16.4. The van der Waals surface area contributed by atoms with Gasteiger partial charge in [0.1, 0.15) is 17.7 Å². The molecule has 2 N–H and O–H groups in total. The number of halogens is 2. The molecule has 1 saturated heterocycles. The molecular formula is C20H27FIN7O3PS2+. The third-order valence-corrected chi connectivity index (χ3v) is 7.89. The predicted octanol–water partition coefficient (Wildman–Crippen LogP) is 4.57. The molecule has 0 bridgehead atoms. The topological polar surface area (TPSA) is 108 Å². The molecule has 1 aliphatic heterocycles. The predicted molar refractivity (Wildman–Crippen MR) is 149 cm³/mol. The SMILES string of the molecule is CO[N+](=O)c1cn(PI)nc1-c1cc(NCC2(F)CC2)c(C(=N)N2CC(OC3CC3)C2)cn1.SS. The van der Waals surface area contributed by atoms with E-state index >= 15 is 0 Å². The van der Waals surface area contributed by atoms with E-state index in [2.05, 4.69) is 60.8 Å². The van der Waals surface area contributed by atoms with Crippen LogP contribution in [-0.2, 0) is 9.57 Å². The summed E-state index contributed by atoms with van der Waals surface area (Å²) in [4.78, 5) is 23.9. The van der Waals surface area contributed by atoms with Gasteiger partial charge in [-0.15, -0.1) is 23.3 Å². The molecule has 2 saturated carbocycles. The van der Waals surface area contributed by atoms with E-state index in [1.165, 1.54) is 7.11 Å². The van der Waals surface area contributed by atoms with E-state index in [4.69, 9.17) is 15.0 Å². The van der Waals surface area contributed by atoms with E-state index < -0.39 is 5.67 Å². The highest BCUT2D eigenvalue weighted by atomic mass is 127. The summed E-state index contributed by atoms with van der Waals surface area (Å²) in [5.74, 6) is 0.317. The van der Waals surface area contributed by atoms with Crippen LogP contribution in [0.15, 0.2) is 18.5 Å². The first-order chi connectivity index (χ1) is 16.9. The summed E-state index contributed by atoms with van der Waals surface area (Å²) in [7, 11) is 1.29. The van der Waals surface area contributed by atoms with E-state index in [1.807, 2.05) is 4.90 Å². The van der Waals surface area contributed by atoms with Crippen LogP contribution in [0.4, 0.5) is 15.8 Å². The van der Waals surface area contributed by atoms with Crippen LogP contribution in [0.25, 0.3) is 11.4 Å². The van der Waals surface area contributed by atoms with Crippen LogP contribution >= 0.6 is 51.7 Å². The number of rotatable bonds is 10. The van der Waals surface area contributed by atoms with Crippen molar-refractivity contribution in [3.05, 3.63) is 28.9 Å². The molecule has 0 spiro atoms. The fourth-order valence-electron chi connectivity index (χ4n) is 3.66. The van der Waals surface area contributed by atoms with E-state index in [9.17, 15) is 9.30 Å². The monoisotopic (exact) mass is 654 g/mol. The number of hydrogen-bond donors (Lipinski definition) is 4. The van der Waals surface area contributed by atoms with Crippen molar-refractivity contribution in [3.63, 3.8) is 0 Å². The molecule has 0 aromatic carbocycles. The molecule has 2 aromatic rings. The Bertz CT molecular complexity index is 1100. The van der Waals surface area contributed by atoms with E-state index in [0.717, 1.165) is 12.8 Å². The molecule has 2 aromatic heterocycles. The zero-order valence-corrected chi connectivity index (χ0v) is 23.9. The summed E-state index contributed by atoms with van der Waals surface area (Å²) in [6.07, 6.45) is 7.32. The first kappa shape index (κ1) is 26.8. The lowest BCUT2D eigenvalue weighted by molar-refractivity contribution is -0.736. The van der Waals surface area contributed by atoms with Crippen LogP contribution in [0.2, 0.25) is 0 Å². The van der Waals surface area contributed by atoms with Crippen LogP contribution in [0.3, 0.4) is 0 Å². The number of nitrogens with zero attached hydrogens (tertiary/aromatic N) is 5. The number of aromatic nitrogens is 3. The minimum absolute atomic E-state index is 0.153. The van der Waals surface area contributed by atoms with Gasteiger partial charge >= 0.3 is 5.69 Å². The Morgan fingerprint density at radius 3 is 2.71 bits per heavy atom. The largest absolute Gasteiger partial charge is 0.381 e. The van der Waals surface area contributed by atoms with Crippen LogP contribution in [0, 0.1) is 10.3 Å². The number of pyridine rings is 1. The Morgan fingerprint density at radius 2 is 2.11 bits per heavy atom. The van der Waals surface area contributed by atoms with Crippen molar-refractivity contribution in [2.45, 2.75) is 43.6 Å². The first-order valence-electron chi connectivity index (χ1n) is 11.0. The normalized spacial score (nSPS) is 18.6. The smallest absolute Gasteiger partial charge is 0.364 e. The van der Waals surface area contributed by atoms with Crippen molar-refractivity contribution in [1.29, 1.82) is 5.41 Å². The molecule has 1 atom stereocenters. The van der Waals surface area contributed by atoms with Gasteiger partial charge in [-0.2, -0.15) is 5.10 Å². The average molecular weight is 654 g/mol. The summed E-state index contributed by atoms with van der Waals surface area (Å²) < 4.78 is 21.9. The van der Waals surface area contributed by atoms with Crippen LogP contribution in [0.1, 0.15) is 31.2 Å². The van der Waals surface area contributed by atoms with Gasteiger partial charge in [0.25, 0.3) is 4.92 Å². The number of alkyl halides is 1. The maximum absolute atomic E-state index is 14.4. The van der Waals surface area contributed by atoms with E-state index in [-0.39, 0.29) is 18.3 Å². The molecule has 10 nitrogen and oxygen atoms in total. The summed E-state index contributed by atoms with van der Waals surface area (Å²) >= 11 is 8.61. The fourth-order valence-corrected chi connectivity index (χ4v) is 4.71. The van der Waals surface area contributed by atoms with Gasteiger partial charge in [0.15, 0.2) is 12.8 Å². The molecule has 3 aliphatic rings. The minimum Gasteiger partial charge on any atom is -0.381 e. The highest BCUT2D eigenvalue weighted by molar-refractivity contribution is 14.2. The average Bonchev–Trinajstić information content (AvgIpc) is 3.78. The number of ether oxygens (including phenoxy) is 1. The van der Waals surface area contributed by atoms with Gasteiger partial charge in [0, 0.05) is 31.5 Å². The molecule has 15 heteroatoms. The summed E-state index contributed by atoms with van der Waals surface area (Å²) in [6.45, 7) is 1.48. The van der Waals surface area contributed by atoms with Crippen LogP contribution < -0.4 is 5.32 Å². The number of amidine groups is 1. The van der Waals surface area contributed by atoms with Crippen molar-refractivity contribution >= 4 is 68.9 Å². The Hall–Kier alpha value is -1.22. The van der Waals surface area contributed by atoms with E-state index in [0.29, 0.717) is 71.8 Å². The standard InChI is InChI=1S/C20H25FIN7O3P.H2S2/c1-31-29(30)17-10-28(33-22)26-18(17)16-6-15(25-11-20(21)4-5-20)14(7-24-16)19(23)27-8-13(9-27)32-12-2-3-12;1-2/h6-7,10,12-13,23,33H,2-5,8-9,11H2,1H3,(H,24,25);1-2H/q+1;. The second-order valence-electron chi connectivity index (χ2n) is 8.66. The lowest BCUT2D eigenvalue weighted by atomic mass is 10.1. The zero-order valence-electron chi connectivity index (χ0n) is 18.9. The number of likely N-dealkylation sites (tertiary alicyclic amines) is 1. The maximum atomic E-state index is 14.4. The van der Waals surface area contributed by atoms with Gasteiger partial charge in [0.2, 0.25) is 0 Å². The minimum atomic E-state index is -1.21. The quantitative estimate of drug-likeness (QED) is 0.0566. The molecule has 1 unspecified atom stereocenters. The highest BCUT2D eigenvalue weighted by Gasteiger charge is 2.43. The zero-order chi connectivity index (χ0) is 25.2. The second kappa shape index (κ2) is 11.4. The first-order valence-corrected chi connectivity index (χ1v) is 16.7. The lowest BCUT2D eigenvalue weighted by Crippen LogP contribution is -2.55. The Balaban J connectivity index is 0.00000141. The van der Waals surface area contributed by atoms with Crippen LogP contribution in [-0.4, -0.2) is 74.8 Å².